The van der Waals surface area contributed by atoms with Gasteiger partial charge in [0.05, 0.1) is 11.8 Å². The number of nitrogens with one attached hydrogen (secondary N) is 2. The molecule has 0 saturated carbocycles. The Hall–Kier alpha value is -3.88. The molecule has 2 amide bonds. The second-order valence-corrected chi connectivity index (χ2v) is 8.88. The molecule has 8 nitrogen and oxygen atoms in total. The lowest BCUT2D eigenvalue weighted by Crippen LogP contribution is -2.53. The molecule has 0 saturated heterocycles. The summed E-state index contributed by atoms with van der Waals surface area (Å²) in [6, 6.07) is 25.2. The molecule has 206 valence electrons. The zero-order valence-corrected chi connectivity index (χ0v) is 22.6. The van der Waals surface area contributed by atoms with Crippen LogP contribution in [-0.4, -0.2) is 52.7 Å². The van der Waals surface area contributed by atoms with E-state index in [9.17, 15) is 24.3 Å². The van der Waals surface area contributed by atoms with Gasteiger partial charge in [-0.2, -0.15) is 0 Å². The average molecular weight is 573 g/mol. The van der Waals surface area contributed by atoms with Gasteiger partial charge < -0.3 is 20.5 Å². The predicted molar refractivity (Wildman–Crippen MR) is 150 cm³/mol. The van der Waals surface area contributed by atoms with Crippen molar-refractivity contribution in [2.24, 2.45) is 0 Å². The van der Waals surface area contributed by atoms with Crippen molar-refractivity contribution in [3.63, 3.8) is 0 Å². The van der Waals surface area contributed by atoms with E-state index in [1.165, 1.54) is 0 Å². The Morgan fingerprint density at radius 1 is 0.667 bits per heavy atom. The summed E-state index contributed by atoms with van der Waals surface area (Å²) >= 11 is 10.0. The molecule has 0 fully saturated rings. The van der Waals surface area contributed by atoms with Crippen molar-refractivity contribution < 1.29 is 29.0 Å². The van der Waals surface area contributed by atoms with Crippen LogP contribution in [0.15, 0.2) is 91.0 Å². The van der Waals surface area contributed by atoms with Crippen molar-refractivity contribution in [1.29, 1.82) is 0 Å². The molecule has 39 heavy (non-hydrogen) atoms. The van der Waals surface area contributed by atoms with E-state index in [2.05, 4.69) is 10.6 Å². The zero-order valence-electron chi connectivity index (χ0n) is 21.1. The monoisotopic (exact) mass is 572 g/mol. The number of halogens is 2. The molecule has 0 aliphatic carbocycles. The third-order valence-corrected chi connectivity index (χ3v) is 5.90. The summed E-state index contributed by atoms with van der Waals surface area (Å²) in [5, 5.41) is 14.8. The van der Waals surface area contributed by atoms with Gasteiger partial charge in [0, 0.05) is 12.8 Å². The van der Waals surface area contributed by atoms with Crippen LogP contribution in [0.5, 0.6) is 0 Å². The number of ether oxygens (including phenoxy) is 1. The standard InChI is InChI=1S/C26H26N2O5.C3H4Cl2O/c29-24(27-23(25(30)31)17-20-12-6-2-7-13-20)22(16-19-10-4-1-5-11-19)28-26(32)33-18-21-14-8-3-9-15-21;4-1-3(6)2-5/h1-15,22-23H,16-18H2,(H,27,29)(H,28,32)(H,30,31);1-2H2/t22-,23-;/m0./s1. The van der Waals surface area contributed by atoms with Gasteiger partial charge in [-0.05, 0) is 16.7 Å². The molecule has 0 spiro atoms. The van der Waals surface area contributed by atoms with Crippen LogP contribution >= 0.6 is 23.2 Å². The number of ketones is 1. The van der Waals surface area contributed by atoms with Crippen molar-refractivity contribution in [3.05, 3.63) is 108 Å². The van der Waals surface area contributed by atoms with E-state index in [0.29, 0.717) is 0 Å². The van der Waals surface area contributed by atoms with Gasteiger partial charge in [-0.15, -0.1) is 23.2 Å². The molecule has 3 rings (SSSR count). The summed E-state index contributed by atoms with van der Waals surface area (Å²) in [6.07, 6.45) is -0.451. The molecule has 0 bridgehead atoms. The second-order valence-electron chi connectivity index (χ2n) is 8.34. The number of rotatable bonds is 12. The molecule has 3 aromatic carbocycles. The minimum absolute atomic E-state index is 0.0312. The van der Waals surface area contributed by atoms with Crippen LogP contribution in [0.25, 0.3) is 0 Å². The van der Waals surface area contributed by atoms with Gasteiger partial charge in [0.15, 0.2) is 5.78 Å². The first kappa shape index (κ1) is 31.3. The van der Waals surface area contributed by atoms with Crippen molar-refractivity contribution >= 4 is 47.0 Å². The lowest BCUT2D eigenvalue weighted by molar-refractivity contribution is -0.142. The van der Waals surface area contributed by atoms with E-state index >= 15 is 0 Å². The molecule has 0 unspecified atom stereocenters. The number of hydrogen-bond acceptors (Lipinski definition) is 5. The number of carbonyl (C=O) groups excluding carboxylic acids is 3. The van der Waals surface area contributed by atoms with Crippen molar-refractivity contribution in [2.45, 2.75) is 31.5 Å². The number of carbonyl (C=O) groups is 4. The van der Waals surface area contributed by atoms with E-state index in [0.717, 1.165) is 16.7 Å². The SMILES string of the molecule is O=C(CCl)CCl.O=C(N[C@@H](Cc1ccccc1)C(=O)N[C@@H](Cc1ccccc1)C(=O)O)OCc1ccccc1. The molecular formula is C29H30Cl2N2O6. The maximum absolute atomic E-state index is 13.0. The van der Waals surface area contributed by atoms with Gasteiger partial charge >= 0.3 is 12.1 Å². The molecule has 0 aliphatic heterocycles. The topological polar surface area (TPSA) is 122 Å². The van der Waals surface area contributed by atoms with Crippen LogP contribution in [0, 0.1) is 0 Å². The van der Waals surface area contributed by atoms with E-state index in [1.807, 2.05) is 66.7 Å². The number of carboxylic acids is 1. The highest BCUT2D eigenvalue weighted by Crippen LogP contribution is 2.08. The Bertz CT molecular complexity index is 1170. The Labute approximate surface area is 237 Å². The van der Waals surface area contributed by atoms with Gasteiger partial charge in [-0.1, -0.05) is 91.0 Å². The number of hydrogen-bond donors (Lipinski definition) is 3. The lowest BCUT2D eigenvalue weighted by Gasteiger charge is -2.21. The highest BCUT2D eigenvalue weighted by Gasteiger charge is 2.27. The van der Waals surface area contributed by atoms with Crippen LogP contribution in [0.4, 0.5) is 4.79 Å². The summed E-state index contributed by atoms with van der Waals surface area (Å²) in [5.74, 6) is -1.82. The molecule has 0 radical (unpaired) electrons. The maximum Gasteiger partial charge on any atom is 0.408 e. The molecule has 10 heteroatoms. The van der Waals surface area contributed by atoms with Crippen LogP contribution in [0.1, 0.15) is 16.7 Å². The van der Waals surface area contributed by atoms with Gasteiger partial charge in [-0.25, -0.2) is 9.59 Å². The van der Waals surface area contributed by atoms with Crippen molar-refractivity contribution in [3.8, 4) is 0 Å². The smallest absolute Gasteiger partial charge is 0.408 e. The first-order chi connectivity index (χ1) is 18.8. The summed E-state index contributed by atoms with van der Waals surface area (Å²) in [4.78, 5) is 47.1. The van der Waals surface area contributed by atoms with E-state index in [1.54, 1.807) is 24.3 Å². The van der Waals surface area contributed by atoms with E-state index in [4.69, 9.17) is 27.9 Å². The van der Waals surface area contributed by atoms with Gasteiger partial charge in [-0.3, -0.25) is 9.59 Å². The van der Waals surface area contributed by atoms with E-state index in [-0.39, 0.29) is 37.0 Å². The normalized spacial score (nSPS) is 11.6. The Kier molecular flexibility index (Phi) is 14.1. The van der Waals surface area contributed by atoms with Crippen LogP contribution in [-0.2, 0) is 38.6 Å². The molecule has 2 atom stereocenters. The molecule has 0 aliphatic rings. The van der Waals surface area contributed by atoms with E-state index < -0.39 is 30.1 Å². The number of alkyl halides is 2. The zero-order chi connectivity index (χ0) is 28.5. The first-order valence-corrected chi connectivity index (χ1v) is 13.1. The van der Waals surface area contributed by atoms with Crippen molar-refractivity contribution in [2.75, 3.05) is 11.8 Å². The molecule has 3 N–H and O–H groups in total. The van der Waals surface area contributed by atoms with Crippen molar-refractivity contribution in [1.82, 2.24) is 10.6 Å². The number of aliphatic carboxylic acids is 1. The lowest BCUT2D eigenvalue weighted by atomic mass is 10.0. The number of Topliss-reactive ketones (excluding diaryl/α,β-unsaturated/α-hetero) is 1. The number of amides is 2. The highest BCUT2D eigenvalue weighted by atomic mass is 35.5. The second kappa shape index (κ2) is 17.6. The molecule has 0 aromatic heterocycles. The van der Waals surface area contributed by atoms with Gasteiger partial charge in [0.25, 0.3) is 0 Å². The van der Waals surface area contributed by atoms with Crippen LogP contribution < -0.4 is 10.6 Å². The average Bonchev–Trinajstić information content (AvgIpc) is 2.96. The quantitative estimate of drug-likeness (QED) is 0.277. The largest absolute Gasteiger partial charge is 0.480 e. The summed E-state index contributed by atoms with van der Waals surface area (Å²) in [7, 11) is 0. The van der Waals surface area contributed by atoms with Crippen LogP contribution in [0.2, 0.25) is 0 Å². The Morgan fingerprint density at radius 2 is 1.10 bits per heavy atom. The fourth-order valence-electron chi connectivity index (χ4n) is 3.32. The highest BCUT2D eigenvalue weighted by molar-refractivity contribution is 6.35. The Morgan fingerprint density at radius 3 is 1.51 bits per heavy atom. The number of benzene rings is 3. The number of alkyl carbamates (subject to hydrolysis) is 1. The predicted octanol–water partition coefficient (Wildman–Crippen LogP) is 4.37. The fourth-order valence-corrected chi connectivity index (χ4v) is 3.61. The fraction of sp³-hybridized carbons (Fsp3) is 0.241. The first-order valence-electron chi connectivity index (χ1n) is 12.0. The summed E-state index contributed by atoms with van der Waals surface area (Å²) in [5.41, 5.74) is 2.40. The third kappa shape index (κ3) is 12.5. The molecular weight excluding hydrogens is 543 g/mol. The minimum atomic E-state index is -1.16. The van der Waals surface area contributed by atoms with Gasteiger partial charge in [0.1, 0.15) is 18.7 Å². The number of carboxylic acid groups (broad SMARTS) is 1. The molecule has 0 heterocycles. The summed E-state index contributed by atoms with van der Waals surface area (Å²) in [6.45, 7) is 0.0537. The van der Waals surface area contributed by atoms with Gasteiger partial charge in [0.2, 0.25) is 5.91 Å². The molecule has 3 aromatic rings. The minimum Gasteiger partial charge on any atom is -0.480 e. The third-order valence-electron chi connectivity index (χ3n) is 5.30. The Balaban J connectivity index is 0.000000798. The maximum atomic E-state index is 13.0. The summed E-state index contributed by atoms with van der Waals surface area (Å²) < 4.78 is 5.25. The van der Waals surface area contributed by atoms with Crippen LogP contribution in [0.3, 0.4) is 0 Å².